The molecule has 1 N–H and O–H groups in total. The van der Waals surface area contributed by atoms with Crippen molar-refractivity contribution in [2.75, 3.05) is 0 Å². The monoisotopic (exact) mass is 221 g/mol. The van der Waals surface area contributed by atoms with Gasteiger partial charge >= 0.3 is 5.97 Å². The molecule has 0 radical (unpaired) electrons. The van der Waals surface area contributed by atoms with Crippen LogP contribution in [0.2, 0.25) is 0 Å². The SMILES string of the molecule is Cc1cc(C#N)ccc1SC(C)C(=O)O. The lowest BCUT2D eigenvalue weighted by atomic mass is 10.2. The molecule has 0 aromatic heterocycles. The first-order valence-electron chi connectivity index (χ1n) is 4.45. The lowest BCUT2D eigenvalue weighted by Crippen LogP contribution is -2.11. The number of aliphatic carboxylic acids is 1. The van der Waals surface area contributed by atoms with Gasteiger partial charge in [-0.2, -0.15) is 5.26 Å². The van der Waals surface area contributed by atoms with Crippen LogP contribution in [0.15, 0.2) is 23.1 Å². The first kappa shape index (κ1) is 11.6. The Morgan fingerprint density at radius 3 is 2.73 bits per heavy atom. The number of nitriles is 1. The molecule has 0 heterocycles. The van der Waals surface area contributed by atoms with Crippen molar-refractivity contribution in [1.29, 1.82) is 5.26 Å². The van der Waals surface area contributed by atoms with Gasteiger partial charge in [-0.05, 0) is 37.6 Å². The van der Waals surface area contributed by atoms with Crippen LogP contribution in [-0.2, 0) is 4.79 Å². The van der Waals surface area contributed by atoms with E-state index in [1.165, 1.54) is 11.8 Å². The van der Waals surface area contributed by atoms with Gasteiger partial charge in [0.15, 0.2) is 0 Å². The number of hydrogen-bond acceptors (Lipinski definition) is 3. The smallest absolute Gasteiger partial charge is 0.316 e. The van der Waals surface area contributed by atoms with Gasteiger partial charge < -0.3 is 5.11 Å². The number of nitrogens with zero attached hydrogens (tertiary/aromatic N) is 1. The van der Waals surface area contributed by atoms with Crippen molar-refractivity contribution in [1.82, 2.24) is 0 Å². The largest absolute Gasteiger partial charge is 0.480 e. The van der Waals surface area contributed by atoms with Crippen molar-refractivity contribution in [3.8, 4) is 6.07 Å². The highest BCUT2D eigenvalue weighted by Crippen LogP contribution is 2.27. The van der Waals surface area contributed by atoms with Crippen LogP contribution in [0.3, 0.4) is 0 Å². The first-order valence-corrected chi connectivity index (χ1v) is 5.32. The van der Waals surface area contributed by atoms with Gasteiger partial charge in [-0.3, -0.25) is 4.79 Å². The van der Waals surface area contributed by atoms with E-state index in [0.29, 0.717) is 5.56 Å². The fourth-order valence-electron chi connectivity index (χ4n) is 1.09. The number of carboxylic acid groups (broad SMARTS) is 1. The van der Waals surface area contributed by atoms with Gasteiger partial charge in [-0.25, -0.2) is 0 Å². The van der Waals surface area contributed by atoms with Crippen LogP contribution in [0.25, 0.3) is 0 Å². The lowest BCUT2D eigenvalue weighted by molar-refractivity contribution is -0.136. The topological polar surface area (TPSA) is 61.1 Å². The molecule has 1 aromatic rings. The highest BCUT2D eigenvalue weighted by Gasteiger charge is 2.13. The fraction of sp³-hybridized carbons (Fsp3) is 0.273. The maximum absolute atomic E-state index is 10.7. The number of rotatable bonds is 3. The zero-order chi connectivity index (χ0) is 11.4. The Bertz CT molecular complexity index is 423. The van der Waals surface area contributed by atoms with Crippen LogP contribution in [0.5, 0.6) is 0 Å². The van der Waals surface area contributed by atoms with E-state index in [0.717, 1.165) is 10.5 Å². The number of thioether (sulfide) groups is 1. The second kappa shape index (κ2) is 4.85. The molecule has 1 rings (SSSR count). The Balaban J connectivity index is 2.88. The molecule has 3 nitrogen and oxygen atoms in total. The molecule has 1 atom stereocenters. The maximum Gasteiger partial charge on any atom is 0.316 e. The normalized spacial score (nSPS) is 11.8. The third kappa shape index (κ3) is 3.00. The van der Waals surface area contributed by atoms with Crippen molar-refractivity contribution >= 4 is 17.7 Å². The van der Waals surface area contributed by atoms with E-state index >= 15 is 0 Å². The van der Waals surface area contributed by atoms with Crippen LogP contribution in [0.1, 0.15) is 18.1 Å². The van der Waals surface area contributed by atoms with Crippen molar-refractivity contribution in [3.05, 3.63) is 29.3 Å². The van der Waals surface area contributed by atoms with Crippen molar-refractivity contribution in [2.24, 2.45) is 0 Å². The minimum Gasteiger partial charge on any atom is -0.480 e. The molecule has 0 aliphatic carbocycles. The quantitative estimate of drug-likeness (QED) is 0.796. The average molecular weight is 221 g/mol. The van der Waals surface area contributed by atoms with Crippen LogP contribution >= 0.6 is 11.8 Å². The zero-order valence-electron chi connectivity index (χ0n) is 8.52. The number of hydrogen-bond donors (Lipinski definition) is 1. The van der Waals surface area contributed by atoms with E-state index in [4.69, 9.17) is 10.4 Å². The van der Waals surface area contributed by atoms with Crippen molar-refractivity contribution in [2.45, 2.75) is 24.0 Å². The van der Waals surface area contributed by atoms with E-state index in [1.807, 2.05) is 13.0 Å². The van der Waals surface area contributed by atoms with Crippen LogP contribution in [-0.4, -0.2) is 16.3 Å². The van der Waals surface area contributed by atoms with Crippen molar-refractivity contribution in [3.63, 3.8) is 0 Å². The summed E-state index contributed by atoms with van der Waals surface area (Å²) >= 11 is 1.29. The molecule has 0 amide bonds. The predicted molar refractivity (Wildman–Crippen MR) is 58.8 cm³/mol. The lowest BCUT2D eigenvalue weighted by Gasteiger charge is -2.08. The molecule has 1 unspecified atom stereocenters. The number of carboxylic acids is 1. The fourth-order valence-corrected chi connectivity index (χ4v) is 1.97. The molecule has 0 saturated heterocycles. The minimum atomic E-state index is -0.830. The van der Waals surface area contributed by atoms with E-state index < -0.39 is 11.2 Å². The summed E-state index contributed by atoms with van der Waals surface area (Å²) in [5.74, 6) is -0.830. The minimum absolute atomic E-state index is 0.475. The molecule has 0 aliphatic rings. The predicted octanol–water partition coefficient (Wildman–Crippen LogP) is 2.43. The van der Waals surface area contributed by atoms with E-state index in [9.17, 15) is 4.79 Å². The average Bonchev–Trinajstić information content (AvgIpc) is 2.20. The molecule has 4 heteroatoms. The van der Waals surface area contributed by atoms with E-state index in [2.05, 4.69) is 0 Å². The standard InChI is InChI=1S/C11H11NO2S/c1-7-5-9(6-12)3-4-10(7)15-8(2)11(13)14/h3-5,8H,1-2H3,(H,13,14). The highest BCUT2D eigenvalue weighted by molar-refractivity contribution is 8.00. The Kier molecular flexibility index (Phi) is 3.75. The van der Waals surface area contributed by atoms with Crippen LogP contribution in [0, 0.1) is 18.3 Å². The molecule has 0 spiro atoms. The third-order valence-corrected chi connectivity index (χ3v) is 3.22. The summed E-state index contributed by atoms with van der Waals surface area (Å²) in [6.07, 6.45) is 0. The number of aryl methyl sites for hydroxylation is 1. The second-order valence-electron chi connectivity index (χ2n) is 3.19. The maximum atomic E-state index is 10.7. The molecule has 15 heavy (non-hydrogen) atoms. The Hall–Kier alpha value is -1.47. The van der Waals surface area contributed by atoms with Gasteiger partial charge in [0.2, 0.25) is 0 Å². The Morgan fingerprint density at radius 1 is 1.60 bits per heavy atom. The van der Waals surface area contributed by atoms with E-state index in [-0.39, 0.29) is 0 Å². The van der Waals surface area contributed by atoms with Gasteiger partial charge in [0.1, 0.15) is 5.25 Å². The summed E-state index contributed by atoms with van der Waals surface area (Å²) in [6.45, 7) is 3.52. The third-order valence-electron chi connectivity index (χ3n) is 1.96. The molecular weight excluding hydrogens is 210 g/mol. The molecule has 1 aromatic carbocycles. The summed E-state index contributed by atoms with van der Waals surface area (Å²) in [5, 5.41) is 17.0. The van der Waals surface area contributed by atoms with Gasteiger partial charge in [-0.15, -0.1) is 11.8 Å². The summed E-state index contributed by atoms with van der Waals surface area (Å²) in [5.41, 5.74) is 1.53. The number of carbonyl (C=O) groups is 1. The van der Waals surface area contributed by atoms with Gasteiger partial charge in [0.25, 0.3) is 0 Å². The zero-order valence-corrected chi connectivity index (χ0v) is 9.34. The van der Waals surface area contributed by atoms with Gasteiger partial charge in [0.05, 0.1) is 11.6 Å². The molecule has 0 bridgehead atoms. The first-order chi connectivity index (χ1) is 7.04. The number of benzene rings is 1. The Morgan fingerprint density at radius 2 is 2.27 bits per heavy atom. The van der Waals surface area contributed by atoms with Crippen LogP contribution < -0.4 is 0 Å². The Labute approximate surface area is 92.7 Å². The molecule has 0 aliphatic heterocycles. The molecule has 78 valence electrons. The summed E-state index contributed by atoms with van der Waals surface area (Å²) in [4.78, 5) is 11.6. The van der Waals surface area contributed by atoms with Crippen molar-refractivity contribution < 1.29 is 9.90 Å². The summed E-state index contributed by atoms with van der Waals surface area (Å²) in [7, 11) is 0. The molecular formula is C11H11NO2S. The summed E-state index contributed by atoms with van der Waals surface area (Å²) in [6, 6.07) is 7.29. The van der Waals surface area contributed by atoms with E-state index in [1.54, 1.807) is 25.1 Å². The highest BCUT2D eigenvalue weighted by atomic mass is 32.2. The summed E-state index contributed by atoms with van der Waals surface area (Å²) < 4.78 is 0. The van der Waals surface area contributed by atoms with Crippen LogP contribution in [0.4, 0.5) is 0 Å². The second-order valence-corrected chi connectivity index (χ2v) is 4.57. The molecule has 0 saturated carbocycles. The van der Waals surface area contributed by atoms with Gasteiger partial charge in [0, 0.05) is 4.90 Å². The molecule has 0 fully saturated rings. The van der Waals surface area contributed by atoms with Gasteiger partial charge in [-0.1, -0.05) is 0 Å².